The maximum Gasteiger partial charge on any atom is 0.331 e. The molecule has 0 aromatic heterocycles. The molecular weight excluding hydrogens is 361 g/mol. The third-order valence-electron chi connectivity index (χ3n) is 4.13. The van der Waals surface area contributed by atoms with Gasteiger partial charge in [0.1, 0.15) is 5.75 Å². The summed E-state index contributed by atoms with van der Waals surface area (Å²) < 4.78 is 42.6. The van der Waals surface area contributed by atoms with Crippen molar-refractivity contribution < 1.29 is 23.0 Å². The molecule has 9 heteroatoms. The van der Waals surface area contributed by atoms with E-state index in [4.69, 9.17) is 0 Å². The molecule has 3 N–H and O–H groups in total. The molecule has 1 atom stereocenters. The van der Waals surface area contributed by atoms with Crippen molar-refractivity contribution in [1.82, 2.24) is 5.32 Å². The van der Waals surface area contributed by atoms with Crippen LogP contribution in [0.5, 0.6) is 5.75 Å². The average Bonchev–Trinajstić information content (AvgIpc) is 2.80. The number of benzene rings is 2. The summed E-state index contributed by atoms with van der Waals surface area (Å²) in [6.45, 7) is 0.393. The SMILES string of the molecule is CNC[C@@H](O)CCN1c2ccccc2N(c2ccc(O)cc2F)S1(=O)=O. The van der Waals surface area contributed by atoms with Crippen LogP contribution in [0.2, 0.25) is 0 Å². The number of hydrogen-bond acceptors (Lipinski definition) is 5. The van der Waals surface area contributed by atoms with E-state index in [1.165, 1.54) is 12.1 Å². The summed E-state index contributed by atoms with van der Waals surface area (Å²) in [5, 5.41) is 22.1. The first-order chi connectivity index (χ1) is 12.4. The highest BCUT2D eigenvalue weighted by Crippen LogP contribution is 2.46. The number of phenolic OH excluding ortho intramolecular Hbond substituents is 1. The number of rotatable bonds is 6. The molecule has 3 rings (SSSR count). The molecule has 0 aliphatic carbocycles. The molecule has 7 nitrogen and oxygen atoms in total. The van der Waals surface area contributed by atoms with Crippen LogP contribution in [0.3, 0.4) is 0 Å². The largest absolute Gasteiger partial charge is 0.508 e. The van der Waals surface area contributed by atoms with Gasteiger partial charge in [0, 0.05) is 19.2 Å². The lowest BCUT2D eigenvalue weighted by atomic mass is 10.2. The van der Waals surface area contributed by atoms with Crippen molar-refractivity contribution >= 4 is 27.3 Å². The minimum absolute atomic E-state index is 0.0540. The van der Waals surface area contributed by atoms with Crippen LogP contribution in [0, 0.1) is 5.82 Å². The number of likely N-dealkylation sites (N-methyl/N-ethyl adjacent to an activating group) is 1. The molecule has 0 amide bonds. The number of aliphatic hydroxyl groups excluding tert-OH is 1. The van der Waals surface area contributed by atoms with Crippen LogP contribution in [0.1, 0.15) is 6.42 Å². The van der Waals surface area contributed by atoms with Crippen LogP contribution >= 0.6 is 0 Å². The lowest BCUT2D eigenvalue weighted by molar-refractivity contribution is 0.167. The van der Waals surface area contributed by atoms with Crippen LogP contribution < -0.4 is 13.9 Å². The van der Waals surface area contributed by atoms with Gasteiger partial charge in [-0.1, -0.05) is 12.1 Å². The number of nitrogens with zero attached hydrogens (tertiary/aromatic N) is 2. The predicted octanol–water partition coefficient (Wildman–Crippen LogP) is 1.70. The van der Waals surface area contributed by atoms with Crippen LogP contribution in [-0.4, -0.2) is 44.9 Å². The number of halogens is 1. The second kappa shape index (κ2) is 7.10. The molecule has 0 unspecified atom stereocenters. The fourth-order valence-corrected chi connectivity index (χ4v) is 4.68. The van der Waals surface area contributed by atoms with E-state index in [0.717, 1.165) is 14.7 Å². The summed E-state index contributed by atoms with van der Waals surface area (Å²) in [5.41, 5.74) is 0.561. The van der Waals surface area contributed by atoms with Crippen molar-refractivity contribution in [3.63, 3.8) is 0 Å². The van der Waals surface area contributed by atoms with Gasteiger partial charge in [0.25, 0.3) is 0 Å². The standard InChI is InChI=1S/C17H20FN3O4S/c1-19-11-13(23)8-9-20-16-4-2-3-5-17(16)21(26(20,24)25)15-7-6-12(22)10-14(15)18/h2-7,10,13,19,22-23H,8-9,11H2,1H3/t13-/m0/s1. The van der Waals surface area contributed by atoms with Gasteiger partial charge in [0.05, 0.1) is 23.2 Å². The van der Waals surface area contributed by atoms with E-state index >= 15 is 0 Å². The van der Waals surface area contributed by atoms with Gasteiger partial charge < -0.3 is 15.5 Å². The third kappa shape index (κ3) is 3.20. The van der Waals surface area contributed by atoms with Gasteiger partial charge in [-0.25, -0.2) is 8.70 Å². The number of anilines is 3. The number of aromatic hydroxyl groups is 1. The highest BCUT2D eigenvalue weighted by atomic mass is 32.2. The zero-order valence-electron chi connectivity index (χ0n) is 14.1. The van der Waals surface area contributed by atoms with Crippen LogP contribution in [0.4, 0.5) is 21.5 Å². The van der Waals surface area contributed by atoms with E-state index < -0.39 is 22.1 Å². The monoisotopic (exact) mass is 381 g/mol. The van der Waals surface area contributed by atoms with E-state index in [1.54, 1.807) is 31.3 Å². The van der Waals surface area contributed by atoms with Crippen molar-refractivity contribution in [3.8, 4) is 5.75 Å². The van der Waals surface area contributed by atoms with Crippen molar-refractivity contribution in [2.24, 2.45) is 0 Å². The number of para-hydroxylation sites is 2. The smallest absolute Gasteiger partial charge is 0.331 e. The van der Waals surface area contributed by atoms with Gasteiger partial charge in [-0.3, -0.25) is 4.31 Å². The quantitative estimate of drug-likeness (QED) is 0.708. The number of nitrogens with one attached hydrogen (secondary N) is 1. The fraction of sp³-hybridized carbons (Fsp3) is 0.294. The Morgan fingerprint density at radius 1 is 1.15 bits per heavy atom. The highest BCUT2D eigenvalue weighted by molar-refractivity contribution is 7.95. The molecule has 26 heavy (non-hydrogen) atoms. The molecule has 0 spiro atoms. The molecule has 1 aliphatic rings. The molecular formula is C17H20FN3O4S. The Bertz CT molecular complexity index is 907. The van der Waals surface area contributed by atoms with Gasteiger partial charge in [-0.2, -0.15) is 8.42 Å². The summed E-state index contributed by atoms with van der Waals surface area (Å²) in [6.07, 6.45) is -0.484. The Balaban J connectivity index is 2.02. The zero-order valence-corrected chi connectivity index (χ0v) is 14.9. The molecule has 140 valence electrons. The van der Waals surface area contributed by atoms with Gasteiger partial charge in [0.2, 0.25) is 0 Å². The Morgan fingerprint density at radius 2 is 1.85 bits per heavy atom. The van der Waals surface area contributed by atoms with Crippen LogP contribution in [0.15, 0.2) is 42.5 Å². The van der Waals surface area contributed by atoms with Crippen molar-refractivity contribution in [1.29, 1.82) is 0 Å². The number of hydrogen-bond donors (Lipinski definition) is 3. The minimum Gasteiger partial charge on any atom is -0.508 e. The lowest BCUT2D eigenvalue weighted by Gasteiger charge is -2.23. The molecule has 0 saturated heterocycles. The second-order valence-electron chi connectivity index (χ2n) is 5.97. The van der Waals surface area contributed by atoms with E-state index in [1.807, 2.05) is 0 Å². The normalized spacial score (nSPS) is 16.6. The summed E-state index contributed by atoms with van der Waals surface area (Å²) in [6, 6.07) is 9.90. The molecule has 0 fully saturated rings. The first kappa shape index (κ1) is 18.4. The molecule has 2 aromatic rings. The van der Waals surface area contributed by atoms with Crippen LogP contribution in [-0.2, 0) is 10.2 Å². The first-order valence-corrected chi connectivity index (χ1v) is 9.49. The third-order valence-corrected chi connectivity index (χ3v) is 5.92. The topological polar surface area (TPSA) is 93.1 Å². The van der Waals surface area contributed by atoms with E-state index in [0.29, 0.717) is 17.9 Å². The highest BCUT2D eigenvalue weighted by Gasteiger charge is 2.42. The molecule has 1 aliphatic heterocycles. The maximum atomic E-state index is 14.3. The Labute approximate surface area is 151 Å². The molecule has 0 saturated carbocycles. The zero-order chi connectivity index (χ0) is 18.9. The van der Waals surface area contributed by atoms with E-state index in [-0.39, 0.29) is 24.4 Å². The molecule has 2 aromatic carbocycles. The predicted molar refractivity (Wildman–Crippen MR) is 97.5 cm³/mol. The van der Waals surface area contributed by atoms with Gasteiger partial charge in [0.15, 0.2) is 5.82 Å². The van der Waals surface area contributed by atoms with E-state index in [9.17, 15) is 23.0 Å². The Kier molecular flexibility index (Phi) is 5.03. The Morgan fingerprint density at radius 3 is 2.50 bits per heavy atom. The van der Waals surface area contributed by atoms with E-state index in [2.05, 4.69) is 5.32 Å². The number of aliphatic hydroxyl groups is 1. The summed E-state index contributed by atoms with van der Waals surface area (Å²) in [4.78, 5) is 0. The van der Waals surface area contributed by atoms with Gasteiger partial charge in [-0.05, 0) is 37.7 Å². The summed E-state index contributed by atoms with van der Waals surface area (Å²) >= 11 is 0. The molecule has 0 bridgehead atoms. The first-order valence-electron chi connectivity index (χ1n) is 8.09. The van der Waals surface area contributed by atoms with Gasteiger partial charge in [-0.15, -0.1) is 0 Å². The second-order valence-corrected chi connectivity index (χ2v) is 7.67. The number of phenols is 1. The summed E-state index contributed by atoms with van der Waals surface area (Å²) in [5.74, 6) is -1.14. The van der Waals surface area contributed by atoms with Crippen LogP contribution in [0.25, 0.3) is 0 Å². The lowest BCUT2D eigenvalue weighted by Crippen LogP contribution is -2.38. The summed E-state index contributed by atoms with van der Waals surface area (Å²) in [7, 11) is -2.38. The minimum atomic E-state index is -4.07. The fourth-order valence-electron chi connectivity index (χ4n) is 2.95. The maximum absolute atomic E-state index is 14.3. The van der Waals surface area contributed by atoms with Crippen molar-refractivity contribution in [3.05, 3.63) is 48.3 Å². The molecule has 1 heterocycles. The van der Waals surface area contributed by atoms with Crippen molar-refractivity contribution in [2.75, 3.05) is 28.7 Å². The average molecular weight is 381 g/mol. The van der Waals surface area contributed by atoms with Crippen molar-refractivity contribution in [2.45, 2.75) is 12.5 Å². The number of fused-ring (bicyclic) bond motifs is 1. The van der Waals surface area contributed by atoms with Gasteiger partial charge >= 0.3 is 10.2 Å². The Hall–Kier alpha value is -2.36. The molecule has 0 radical (unpaired) electrons.